The maximum Gasteiger partial charge on any atom is 0.341 e. The number of rotatable bonds is 8. The number of ether oxygens (including phenoxy) is 3. The second-order valence-corrected chi connectivity index (χ2v) is 8.15. The van der Waals surface area contributed by atoms with Crippen LogP contribution in [0.1, 0.15) is 31.1 Å². The predicted octanol–water partition coefficient (Wildman–Crippen LogP) is 2.05. The maximum absolute atomic E-state index is 12.5. The van der Waals surface area contributed by atoms with Gasteiger partial charge in [0.2, 0.25) is 9.84 Å². The van der Waals surface area contributed by atoms with Gasteiger partial charge >= 0.3 is 23.7 Å². The van der Waals surface area contributed by atoms with Gasteiger partial charge in [-0.25, -0.2) is 22.8 Å². The molecule has 0 saturated carbocycles. The molecule has 2 aromatic carbocycles. The summed E-state index contributed by atoms with van der Waals surface area (Å²) in [6, 6.07) is 7.18. The number of hydrogen-bond donors (Lipinski definition) is 1. The van der Waals surface area contributed by atoms with Crippen molar-refractivity contribution in [3.8, 4) is 0 Å². The minimum Gasteiger partial charge on any atom is -0.465 e. The third kappa shape index (κ3) is 6.32. The Bertz CT molecular complexity index is 1140. The molecule has 0 aliphatic carbocycles. The summed E-state index contributed by atoms with van der Waals surface area (Å²) in [6.07, 6.45) is 0. The van der Waals surface area contributed by atoms with Crippen LogP contribution in [-0.4, -0.2) is 58.8 Å². The second kappa shape index (κ2) is 10.6. The van der Waals surface area contributed by atoms with E-state index in [1.165, 1.54) is 18.2 Å². The quantitative estimate of drug-likeness (QED) is 0.439. The molecule has 13 heteroatoms. The highest BCUT2D eigenvalue weighted by Crippen LogP contribution is 2.19. The summed E-state index contributed by atoms with van der Waals surface area (Å²) in [5.74, 6) is -7.03. The molecule has 0 spiro atoms. The highest BCUT2D eigenvalue weighted by Gasteiger charge is 2.26. The average Bonchev–Trinajstić information content (AvgIpc) is 2.81. The Hall–Kier alpha value is -3.87. The number of carbonyl (C=O) groups is 4. The van der Waals surface area contributed by atoms with Crippen LogP contribution in [-0.2, 0) is 28.8 Å². The van der Waals surface area contributed by atoms with Crippen LogP contribution >= 0.6 is 0 Å². The molecular formula is C20H17F2NO9S. The molecule has 0 aliphatic heterocycles. The fraction of sp³-hybridized carbons (Fsp3) is 0.200. The molecule has 10 nitrogen and oxygen atoms in total. The fourth-order valence-electron chi connectivity index (χ4n) is 2.47. The lowest BCUT2D eigenvalue weighted by Gasteiger charge is -2.10. The Morgan fingerprint density at radius 3 is 1.82 bits per heavy atom. The number of alkyl halides is 2. The molecule has 0 atom stereocenters. The van der Waals surface area contributed by atoms with E-state index in [1.54, 1.807) is 0 Å². The summed E-state index contributed by atoms with van der Waals surface area (Å²) in [7, 11) is -2.57. The molecule has 0 aromatic heterocycles. The van der Waals surface area contributed by atoms with E-state index >= 15 is 0 Å². The average molecular weight is 485 g/mol. The molecule has 176 valence electrons. The minimum atomic E-state index is -4.82. The largest absolute Gasteiger partial charge is 0.465 e. The number of benzene rings is 2. The molecule has 1 amide bonds. The van der Waals surface area contributed by atoms with Crippen LogP contribution < -0.4 is 5.32 Å². The number of methoxy groups -OCH3 is 2. The van der Waals surface area contributed by atoms with Gasteiger partial charge in [-0.1, -0.05) is 0 Å². The van der Waals surface area contributed by atoms with E-state index < -0.39 is 50.9 Å². The van der Waals surface area contributed by atoms with E-state index in [4.69, 9.17) is 4.74 Å². The van der Waals surface area contributed by atoms with Gasteiger partial charge in [0.05, 0.1) is 35.8 Å². The van der Waals surface area contributed by atoms with Gasteiger partial charge in [0.25, 0.3) is 5.91 Å². The zero-order chi connectivity index (χ0) is 24.8. The van der Waals surface area contributed by atoms with E-state index in [0.717, 1.165) is 38.5 Å². The van der Waals surface area contributed by atoms with Crippen molar-refractivity contribution in [2.75, 3.05) is 26.1 Å². The van der Waals surface area contributed by atoms with Crippen molar-refractivity contribution in [2.24, 2.45) is 0 Å². The molecule has 0 aliphatic rings. The summed E-state index contributed by atoms with van der Waals surface area (Å²) in [5, 5.41) is 2.33. The standard InChI is InChI=1S/C20H17F2NO9S/c1-30-17(25)12-7-13(18(26)31-2)9-14(8-12)23-16(24)10-32-19(27)11-3-5-15(6-4-11)33(28,29)20(21)22/h3-9,20H,10H2,1-2H3,(H,23,24). The summed E-state index contributed by atoms with van der Waals surface area (Å²) in [4.78, 5) is 47.0. The van der Waals surface area contributed by atoms with Gasteiger partial charge in [0, 0.05) is 5.69 Å². The normalized spacial score (nSPS) is 10.9. The van der Waals surface area contributed by atoms with E-state index in [1.807, 2.05) is 0 Å². The zero-order valence-corrected chi connectivity index (χ0v) is 18.0. The first-order chi connectivity index (χ1) is 15.5. The summed E-state index contributed by atoms with van der Waals surface area (Å²) in [5.41, 5.74) is -0.268. The van der Waals surface area contributed by atoms with Crippen molar-refractivity contribution in [1.82, 2.24) is 0 Å². The summed E-state index contributed by atoms with van der Waals surface area (Å²) >= 11 is 0. The van der Waals surface area contributed by atoms with Crippen molar-refractivity contribution in [2.45, 2.75) is 10.7 Å². The third-order valence-corrected chi connectivity index (χ3v) is 5.44. The topological polar surface area (TPSA) is 142 Å². The Balaban J connectivity index is 2.07. The monoisotopic (exact) mass is 485 g/mol. The van der Waals surface area contributed by atoms with E-state index in [2.05, 4.69) is 14.8 Å². The molecule has 1 N–H and O–H groups in total. The van der Waals surface area contributed by atoms with Crippen LogP contribution in [0.15, 0.2) is 47.4 Å². The van der Waals surface area contributed by atoms with E-state index in [0.29, 0.717) is 0 Å². The summed E-state index contributed by atoms with van der Waals surface area (Å²) in [6.45, 7) is -0.786. The second-order valence-electron chi connectivity index (χ2n) is 6.24. The van der Waals surface area contributed by atoms with Crippen molar-refractivity contribution < 1.29 is 50.6 Å². The Labute approximate surface area is 186 Å². The first-order valence-corrected chi connectivity index (χ1v) is 10.4. The summed E-state index contributed by atoms with van der Waals surface area (Å²) < 4.78 is 61.9. The molecule has 2 aromatic rings. The van der Waals surface area contributed by atoms with Crippen molar-refractivity contribution in [1.29, 1.82) is 0 Å². The van der Waals surface area contributed by atoms with E-state index in [9.17, 15) is 36.4 Å². The van der Waals surface area contributed by atoms with Crippen LogP contribution in [0.3, 0.4) is 0 Å². The molecule has 0 saturated heterocycles. The predicted molar refractivity (Wildman–Crippen MR) is 108 cm³/mol. The van der Waals surface area contributed by atoms with Gasteiger partial charge in [-0.05, 0) is 42.5 Å². The van der Waals surface area contributed by atoms with Crippen LogP contribution in [0.2, 0.25) is 0 Å². The minimum absolute atomic E-state index is 0.0147. The number of amides is 1. The molecule has 0 radical (unpaired) electrons. The molecule has 0 heterocycles. The fourth-order valence-corrected chi connectivity index (χ4v) is 3.19. The maximum atomic E-state index is 12.5. The van der Waals surface area contributed by atoms with Gasteiger partial charge in [-0.3, -0.25) is 4.79 Å². The Kier molecular flexibility index (Phi) is 8.18. The first-order valence-electron chi connectivity index (χ1n) is 8.90. The number of halogens is 2. The Morgan fingerprint density at radius 2 is 1.36 bits per heavy atom. The smallest absolute Gasteiger partial charge is 0.341 e. The lowest BCUT2D eigenvalue weighted by Crippen LogP contribution is -2.21. The van der Waals surface area contributed by atoms with Crippen molar-refractivity contribution in [3.63, 3.8) is 0 Å². The number of sulfone groups is 1. The molecule has 0 bridgehead atoms. The van der Waals surface area contributed by atoms with Gasteiger partial charge < -0.3 is 19.5 Å². The Morgan fingerprint density at radius 1 is 0.848 bits per heavy atom. The van der Waals surface area contributed by atoms with E-state index in [-0.39, 0.29) is 22.4 Å². The van der Waals surface area contributed by atoms with Gasteiger partial charge in [-0.2, -0.15) is 8.78 Å². The number of hydrogen-bond acceptors (Lipinski definition) is 9. The molecular weight excluding hydrogens is 468 g/mol. The number of nitrogens with one attached hydrogen (secondary N) is 1. The SMILES string of the molecule is COC(=O)c1cc(NC(=O)COC(=O)c2ccc(S(=O)(=O)C(F)F)cc2)cc(C(=O)OC)c1. The highest BCUT2D eigenvalue weighted by molar-refractivity contribution is 7.91. The third-order valence-electron chi connectivity index (χ3n) is 4.05. The molecule has 33 heavy (non-hydrogen) atoms. The molecule has 0 unspecified atom stereocenters. The van der Waals surface area contributed by atoms with Crippen LogP contribution in [0.5, 0.6) is 0 Å². The van der Waals surface area contributed by atoms with Gasteiger partial charge in [0.1, 0.15) is 0 Å². The number of anilines is 1. The molecule has 2 rings (SSSR count). The van der Waals surface area contributed by atoms with Crippen LogP contribution in [0, 0.1) is 0 Å². The van der Waals surface area contributed by atoms with Crippen molar-refractivity contribution >= 4 is 39.3 Å². The first kappa shape index (κ1) is 25.4. The number of carbonyl (C=O) groups excluding carboxylic acids is 4. The van der Waals surface area contributed by atoms with Crippen LogP contribution in [0.25, 0.3) is 0 Å². The lowest BCUT2D eigenvalue weighted by molar-refractivity contribution is -0.119. The zero-order valence-electron chi connectivity index (χ0n) is 17.2. The van der Waals surface area contributed by atoms with Crippen molar-refractivity contribution in [3.05, 3.63) is 59.2 Å². The lowest BCUT2D eigenvalue weighted by atomic mass is 10.1. The van der Waals surface area contributed by atoms with Gasteiger partial charge in [-0.15, -0.1) is 0 Å². The molecule has 0 fully saturated rings. The van der Waals surface area contributed by atoms with Crippen LogP contribution in [0.4, 0.5) is 14.5 Å². The number of esters is 3. The highest BCUT2D eigenvalue weighted by atomic mass is 32.2. The van der Waals surface area contributed by atoms with Gasteiger partial charge in [0.15, 0.2) is 6.61 Å².